The van der Waals surface area contributed by atoms with Gasteiger partial charge in [-0.1, -0.05) is 49.2 Å². The van der Waals surface area contributed by atoms with Gasteiger partial charge in [0.25, 0.3) is 0 Å². The molecular weight excluding hydrogens is 531 g/mol. The van der Waals surface area contributed by atoms with E-state index in [0.717, 1.165) is 11.1 Å². The Balaban J connectivity index is 2.13. The zero-order chi connectivity index (χ0) is 26.9. The first-order chi connectivity index (χ1) is 17.0. The van der Waals surface area contributed by atoms with Crippen molar-refractivity contribution in [3.63, 3.8) is 0 Å². The minimum atomic E-state index is -0.619. The molecule has 0 saturated carbocycles. The average molecular weight is 562 g/mol. The largest absolute Gasteiger partial charge is 0.490 e. The first-order valence-electron chi connectivity index (χ1n) is 11.2. The summed E-state index contributed by atoms with van der Waals surface area (Å²) in [6, 6.07) is 11.2. The molecular formula is C26H31Cl3O7. The van der Waals surface area contributed by atoms with Crippen LogP contribution in [0, 0.1) is 0 Å². The molecule has 36 heavy (non-hydrogen) atoms. The molecule has 0 radical (unpaired) electrons. The molecule has 0 bridgehead atoms. The molecule has 0 N–H and O–H groups in total. The number of hydrogen-bond acceptors (Lipinski definition) is 7. The van der Waals surface area contributed by atoms with Gasteiger partial charge in [0.2, 0.25) is 0 Å². The molecule has 2 unspecified atom stereocenters. The zero-order valence-corrected chi connectivity index (χ0v) is 23.2. The van der Waals surface area contributed by atoms with Gasteiger partial charge in [0.15, 0.2) is 11.9 Å². The molecule has 0 amide bonds. The molecule has 0 spiro atoms. The van der Waals surface area contributed by atoms with Crippen LogP contribution in [-0.2, 0) is 29.2 Å². The maximum atomic E-state index is 11.2. The van der Waals surface area contributed by atoms with Crippen LogP contribution in [0.25, 0.3) is 0 Å². The summed E-state index contributed by atoms with van der Waals surface area (Å²) in [4.78, 5) is 22.4. The van der Waals surface area contributed by atoms with E-state index in [0.29, 0.717) is 21.5 Å². The van der Waals surface area contributed by atoms with Crippen molar-refractivity contribution in [3.8, 4) is 11.5 Å². The summed E-state index contributed by atoms with van der Waals surface area (Å²) in [7, 11) is 1.53. The molecule has 0 aliphatic carbocycles. The Labute approximate surface area is 226 Å². The van der Waals surface area contributed by atoms with E-state index in [1.807, 2.05) is 38.1 Å². The summed E-state index contributed by atoms with van der Waals surface area (Å²) in [5, 5.41) is 0.660. The standard InChI is InChI=1S/C26H31Cl3O7/c1-16(30)35-21(12-27)14-34-25-23(28)10-19(11-24(25)29)26(3,4)18-6-8-20(9-7-18)33-15-22(13-32-5)36-17(2)31/h6-11,21-22H,12-15H2,1-5H3. The molecule has 10 heteroatoms. The van der Waals surface area contributed by atoms with Crippen LogP contribution in [0.3, 0.4) is 0 Å². The van der Waals surface area contributed by atoms with Gasteiger partial charge in [-0.05, 0) is 35.4 Å². The van der Waals surface area contributed by atoms with Crippen molar-refractivity contribution in [2.45, 2.75) is 45.3 Å². The highest BCUT2D eigenvalue weighted by Crippen LogP contribution is 2.40. The van der Waals surface area contributed by atoms with Gasteiger partial charge in [-0.15, -0.1) is 11.6 Å². The number of methoxy groups -OCH3 is 1. The molecule has 0 aliphatic rings. The Hall–Kier alpha value is -2.19. The van der Waals surface area contributed by atoms with Crippen molar-refractivity contribution in [1.82, 2.24) is 0 Å². The quantitative estimate of drug-likeness (QED) is 0.225. The fraction of sp³-hybridized carbons (Fsp3) is 0.462. The molecule has 2 rings (SSSR count). The van der Waals surface area contributed by atoms with Crippen LogP contribution in [0.4, 0.5) is 0 Å². The molecule has 0 fully saturated rings. The number of alkyl halides is 1. The third-order valence-electron chi connectivity index (χ3n) is 5.34. The first-order valence-corrected chi connectivity index (χ1v) is 12.5. The second-order valence-corrected chi connectivity index (χ2v) is 9.74. The van der Waals surface area contributed by atoms with E-state index in [2.05, 4.69) is 0 Å². The van der Waals surface area contributed by atoms with Crippen LogP contribution in [0.2, 0.25) is 10.0 Å². The Morgan fingerprint density at radius 3 is 1.86 bits per heavy atom. The number of hydrogen-bond donors (Lipinski definition) is 0. The van der Waals surface area contributed by atoms with E-state index < -0.39 is 29.6 Å². The SMILES string of the molecule is COCC(COc1ccc(C(C)(C)c2cc(Cl)c(OCC(CCl)OC(C)=O)c(Cl)c2)cc1)OC(C)=O. The topological polar surface area (TPSA) is 80.3 Å². The van der Waals surface area contributed by atoms with Gasteiger partial charge in [-0.3, -0.25) is 9.59 Å². The number of benzene rings is 2. The molecule has 7 nitrogen and oxygen atoms in total. The lowest BCUT2D eigenvalue weighted by atomic mass is 9.78. The summed E-state index contributed by atoms with van der Waals surface area (Å²) < 4.78 is 26.8. The minimum absolute atomic E-state index is 0.0232. The van der Waals surface area contributed by atoms with E-state index in [1.165, 1.54) is 21.0 Å². The number of halogens is 3. The third-order valence-corrected chi connectivity index (χ3v) is 6.24. The van der Waals surface area contributed by atoms with Crippen molar-refractivity contribution < 1.29 is 33.3 Å². The lowest BCUT2D eigenvalue weighted by Gasteiger charge is -2.27. The van der Waals surface area contributed by atoms with Crippen LogP contribution in [0.15, 0.2) is 36.4 Å². The molecule has 2 aromatic carbocycles. The van der Waals surface area contributed by atoms with Crippen LogP contribution in [-0.4, -0.2) is 57.0 Å². The van der Waals surface area contributed by atoms with Crippen molar-refractivity contribution >= 4 is 46.7 Å². The number of esters is 2. The summed E-state index contributed by atoms with van der Waals surface area (Å²) in [5.74, 6) is 0.159. The summed E-state index contributed by atoms with van der Waals surface area (Å²) in [6.07, 6.45) is -1.12. The fourth-order valence-corrected chi connectivity index (χ4v) is 4.19. The lowest BCUT2D eigenvalue weighted by molar-refractivity contribution is -0.150. The monoisotopic (exact) mass is 560 g/mol. The number of carbonyl (C=O) groups excluding carboxylic acids is 2. The van der Waals surface area contributed by atoms with E-state index in [1.54, 1.807) is 12.1 Å². The second kappa shape index (κ2) is 13.9. The number of ether oxygens (including phenoxy) is 5. The molecule has 198 valence electrons. The summed E-state index contributed by atoms with van der Waals surface area (Å²) >= 11 is 18.8. The van der Waals surface area contributed by atoms with Crippen LogP contribution in [0.1, 0.15) is 38.8 Å². The van der Waals surface area contributed by atoms with Gasteiger partial charge in [0, 0.05) is 26.4 Å². The fourth-order valence-electron chi connectivity index (χ4n) is 3.44. The van der Waals surface area contributed by atoms with Gasteiger partial charge >= 0.3 is 11.9 Å². The van der Waals surface area contributed by atoms with Crippen molar-refractivity contribution in [3.05, 3.63) is 57.6 Å². The van der Waals surface area contributed by atoms with Gasteiger partial charge in [-0.25, -0.2) is 0 Å². The highest BCUT2D eigenvalue weighted by atomic mass is 35.5. The predicted octanol–water partition coefficient (Wildman–Crippen LogP) is 5.83. The maximum absolute atomic E-state index is 11.2. The van der Waals surface area contributed by atoms with E-state index >= 15 is 0 Å². The van der Waals surface area contributed by atoms with Gasteiger partial charge in [0.05, 0.1) is 22.5 Å². The van der Waals surface area contributed by atoms with Crippen molar-refractivity contribution in [2.75, 3.05) is 32.8 Å². The number of rotatable bonds is 13. The maximum Gasteiger partial charge on any atom is 0.303 e. The Morgan fingerprint density at radius 2 is 1.36 bits per heavy atom. The second-order valence-electron chi connectivity index (χ2n) is 8.61. The van der Waals surface area contributed by atoms with Crippen molar-refractivity contribution in [2.24, 2.45) is 0 Å². The molecule has 0 aliphatic heterocycles. The van der Waals surface area contributed by atoms with Gasteiger partial charge in [0.1, 0.15) is 25.1 Å². The Kier molecular flexibility index (Phi) is 11.6. The third kappa shape index (κ3) is 8.73. The Bertz CT molecular complexity index is 1000. The summed E-state index contributed by atoms with van der Waals surface area (Å²) in [5.41, 5.74) is 1.43. The molecule has 0 heterocycles. The van der Waals surface area contributed by atoms with E-state index in [4.69, 9.17) is 58.5 Å². The first kappa shape index (κ1) is 30.0. The van der Waals surface area contributed by atoms with Crippen LogP contribution < -0.4 is 9.47 Å². The van der Waals surface area contributed by atoms with E-state index in [9.17, 15) is 9.59 Å². The van der Waals surface area contributed by atoms with Gasteiger partial charge in [-0.2, -0.15) is 0 Å². The average Bonchev–Trinajstić information content (AvgIpc) is 2.81. The zero-order valence-electron chi connectivity index (χ0n) is 20.9. The molecule has 0 saturated heterocycles. The molecule has 2 aromatic rings. The summed E-state index contributed by atoms with van der Waals surface area (Å²) in [6.45, 7) is 7.17. The smallest absolute Gasteiger partial charge is 0.303 e. The van der Waals surface area contributed by atoms with Crippen LogP contribution >= 0.6 is 34.8 Å². The molecule has 0 aromatic heterocycles. The molecule has 2 atom stereocenters. The van der Waals surface area contributed by atoms with Crippen molar-refractivity contribution in [1.29, 1.82) is 0 Å². The minimum Gasteiger partial charge on any atom is -0.490 e. The van der Waals surface area contributed by atoms with Crippen LogP contribution in [0.5, 0.6) is 11.5 Å². The predicted molar refractivity (Wildman–Crippen MR) is 140 cm³/mol. The van der Waals surface area contributed by atoms with E-state index in [-0.39, 0.29) is 25.7 Å². The Morgan fingerprint density at radius 1 is 0.833 bits per heavy atom. The highest BCUT2D eigenvalue weighted by Gasteiger charge is 2.26. The lowest BCUT2D eigenvalue weighted by Crippen LogP contribution is -2.28. The highest BCUT2D eigenvalue weighted by molar-refractivity contribution is 6.37. The number of carbonyl (C=O) groups is 2. The normalized spacial score (nSPS) is 13.0. The van der Waals surface area contributed by atoms with Gasteiger partial charge < -0.3 is 23.7 Å².